The van der Waals surface area contributed by atoms with Gasteiger partial charge in [-0.25, -0.2) is 5.01 Å². The number of aromatic nitrogens is 2. The Morgan fingerprint density at radius 2 is 1.92 bits per heavy atom. The van der Waals surface area contributed by atoms with Gasteiger partial charge in [-0.3, -0.25) is 19.7 Å². The Balaban J connectivity index is 1.91. The van der Waals surface area contributed by atoms with Crippen LogP contribution < -0.4 is 5.43 Å². The molecular formula is C19H20N4O2. The summed E-state index contributed by atoms with van der Waals surface area (Å²) >= 11 is 0. The van der Waals surface area contributed by atoms with E-state index in [4.69, 9.17) is 0 Å². The fraction of sp³-hybridized carbons (Fsp3) is 0.316. The van der Waals surface area contributed by atoms with Crippen LogP contribution in [0.5, 0.6) is 0 Å². The Morgan fingerprint density at radius 1 is 1.24 bits per heavy atom. The highest BCUT2D eigenvalue weighted by atomic mass is 16.2. The molecule has 3 rings (SSSR count). The van der Waals surface area contributed by atoms with Gasteiger partial charge in [0.25, 0.3) is 11.8 Å². The molecule has 2 heterocycles. The molecule has 1 unspecified atom stereocenters. The number of nitrogens with one attached hydrogen (secondary N) is 1. The summed E-state index contributed by atoms with van der Waals surface area (Å²) in [5, 5.41) is 5.60. The van der Waals surface area contributed by atoms with Crippen molar-refractivity contribution in [2.45, 2.75) is 33.2 Å². The lowest BCUT2D eigenvalue weighted by Crippen LogP contribution is -2.35. The highest BCUT2D eigenvalue weighted by molar-refractivity contribution is 6.10. The number of hydrazine groups is 1. The molecule has 0 spiro atoms. The predicted octanol–water partition coefficient (Wildman–Crippen LogP) is 1.57. The summed E-state index contributed by atoms with van der Waals surface area (Å²) in [6.45, 7) is 5.84. The standard InChI is InChI=1S/C19H20N4O2/c1-5-6-14-9-12(2)16(13(3)10-14)17-18(24)21-23(19(17)25)11-15-7-8-22(4)20-15/h7-10,17H,11H2,1-4H3,(H,21,24). The maximum Gasteiger partial charge on any atom is 0.258 e. The van der Waals surface area contributed by atoms with Crippen molar-refractivity contribution in [1.29, 1.82) is 0 Å². The number of rotatable bonds is 3. The van der Waals surface area contributed by atoms with Gasteiger partial charge in [0.1, 0.15) is 5.92 Å². The van der Waals surface area contributed by atoms with Crippen LogP contribution in [-0.4, -0.2) is 26.6 Å². The lowest BCUT2D eigenvalue weighted by atomic mass is 9.88. The van der Waals surface area contributed by atoms with Crippen LogP contribution in [0.25, 0.3) is 0 Å². The molecule has 6 heteroatoms. The van der Waals surface area contributed by atoms with Crippen molar-refractivity contribution in [3.05, 3.63) is 52.3 Å². The van der Waals surface area contributed by atoms with Gasteiger partial charge in [0.05, 0.1) is 12.2 Å². The summed E-state index contributed by atoms with van der Waals surface area (Å²) in [6.07, 6.45) is 1.80. The molecule has 6 nitrogen and oxygen atoms in total. The van der Waals surface area contributed by atoms with E-state index in [0.29, 0.717) is 0 Å². The Hall–Kier alpha value is -3.07. The van der Waals surface area contributed by atoms with Crippen LogP contribution in [0.2, 0.25) is 0 Å². The van der Waals surface area contributed by atoms with Crippen molar-refractivity contribution in [3.63, 3.8) is 0 Å². The summed E-state index contributed by atoms with van der Waals surface area (Å²) in [7, 11) is 1.81. The van der Waals surface area contributed by atoms with Gasteiger partial charge in [0, 0.05) is 18.8 Å². The second kappa shape index (κ2) is 6.44. The van der Waals surface area contributed by atoms with E-state index in [1.54, 1.807) is 17.8 Å². The zero-order valence-corrected chi connectivity index (χ0v) is 14.8. The first-order valence-corrected chi connectivity index (χ1v) is 8.05. The van der Waals surface area contributed by atoms with Gasteiger partial charge in [0.2, 0.25) is 0 Å². The van der Waals surface area contributed by atoms with Crippen LogP contribution in [0.15, 0.2) is 24.4 Å². The van der Waals surface area contributed by atoms with E-state index in [-0.39, 0.29) is 18.4 Å². The predicted molar refractivity (Wildman–Crippen MR) is 93.1 cm³/mol. The van der Waals surface area contributed by atoms with Crippen molar-refractivity contribution in [2.75, 3.05) is 0 Å². The third-order valence-corrected chi connectivity index (χ3v) is 4.26. The molecule has 1 aromatic heterocycles. The first-order chi connectivity index (χ1) is 11.9. The van der Waals surface area contributed by atoms with E-state index in [0.717, 1.165) is 27.9 Å². The smallest absolute Gasteiger partial charge is 0.258 e. The van der Waals surface area contributed by atoms with E-state index < -0.39 is 5.92 Å². The SMILES string of the molecule is CC#Cc1cc(C)c(C2C(=O)NN(Cc3ccn(C)n3)C2=O)c(C)c1. The molecule has 0 radical (unpaired) electrons. The quantitative estimate of drug-likeness (QED) is 0.683. The Bertz CT molecular complexity index is 894. The van der Waals surface area contributed by atoms with Crippen LogP contribution in [0.3, 0.4) is 0 Å². The second-order valence-electron chi connectivity index (χ2n) is 6.21. The van der Waals surface area contributed by atoms with Gasteiger partial charge in [0.15, 0.2) is 0 Å². The van der Waals surface area contributed by atoms with Crippen LogP contribution >= 0.6 is 0 Å². The number of hydrogen-bond acceptors (Lipinski definition) is 3. The highest BCUT2D eigenvalue weighted by Crippen LogP contribution is 2.30. The van der Waals surface area contributed by atoms with Gasteiger partial charge in [-0.2, -0.15) is 5.10 Å². The van der Waals surface area contributed by atoms with Gasteiger partial charge < -0.3 is 0 Å². The summed E-state index contributed by atoms with van der Waals surface area (Å²) < 4.78 is 1.66. The van der Waals surface area contributed by atoms with Gasteiger partial charge >= 0.3 is 0 Å². The minimum Gasteiger partial charge on any atom is -0.275 e. The summed E-state index contributed by atoms with van der Waals surface area (Å²) in [4.78, 5) is 25.3. The van der Waals surface area contributed by atoms with Crippen LogP contribution in [0, 0.1) is 25.7 Å². The molecule has 1 aliphatic rings. The monoisotopic (exact) mass is 336 g/mol. The molecule has 128 valence electrons. The first-order valence-electron chi connectivity index (χ1n) is 8.05. The molecule has 1 aliphatic heterocycles. The molecular weight excluding hydrogens is 316 g/mol. The van der Waals surface area contributed by atoms with Crippen LogP contribution in [0.4, 0.5) is 0 Å². The van der Waals surface area contributed by atoms with Gasteiger partial charge in [-0.1, -0.05) is 5.92 Å². The largest absolute Gasteiger partial charge is 0.275 e. The zero-order chi connectivity index (χ0) is 18.1. The van der Waals surface area contributed by atoms with Crippen LogP contribution in [0.1, 0.15) is 40.8 Å². The lowest BCUT2D eigenvalue weighted by Gasteiger charge is -2.16. The van der Waals surface area contributed by atoms with Crippen LogP contribution in [-0.2, 0) is 23.2 Å². The second-order valence-corrected chi connectivity index (χ2v) is 6.21. The molecule has 2 aromatic rings. The number of benzene rings is 1. The Labute approximate surface area is 146 Å². The fourth-order valence-electron chi connectivity index (χ4n) is 3.25. The maximum absolute atomic E-state index is 12.8. The average Bonchev–Trinajstić information content (AvgIpc) is 3.05. The minimum atomic E-state index is -0.827. The summed E-state index contributed by atoms with van der Waals surface area (Å²) in [5.74, 6) is 4.50. The summed E-state index contributed by atoms with van der Waals surface area (Å²) in [5.41, 5.74) is 6.83. The number of carbonyl (C=O) groups is 2. The summed E-state index contributed by atoms with van der Waals surface area (Å²) in [6, 6.07) is 5.66. The average molecular weight is 336 g/mol. The highest BCUT2D eigenvalue weighted by Gasteiger charge is 2.42. The third-order valence-electron chi connectivity index (χ3n) is 4.26. The maximum atomic E-state index is 12.8. The third kappa shape index (κ3) is 3.13. The molecule has 1 atom stereocenters. The van der Waals surface area contributed by atoms with E-state index >= 15 is 0 Å². The Morgan fingerprint density at radius 3 is 2.48 bits per heavy atom. The van der Waals surface area contributed by atoms with Crippen molar-refractivity contribution in [2.24, 2.45) is 7.05 Å². The normalized spacial score (nSPS) is 16.6. The number of carbonyl (C=O) groups excluding carboxylic acids is 2. The van der Waals surface area contributed by atoms with Gasteiger partial charge in [-0.15, -0.1) is 5.92 Å². The van der Waals surface area contributed by atoms with E-state index in [1.165, 1.54) is 5.01 Å². The minimum absolute atomic E-state index is 0.249. The molecule has 1 fully saturated rings. The molecule has 25 heavy (non-hydrogen) atoms. The molecule has 0 saturated carbocycles. The molecule has 1 aromatic carbocycles. The molecule has 2 amide bonds. The molecule has 1 saturated heterocycles. The fourth-order valence-corrected chi connectivity index (χ4v) is 3.25. The molecule has 0 aliphatic carbocycles. The molecule has 1 N–H and O–H groups in total. The first kappa shape index (κ1) is 16.8. The number of hydrogen-bond donors (Lipinski definition) is 1. The number of nitrogens with zero attached hydrogens (tertiary/aromatic N) is 3. The molecule has 0 bridgehead atoms. The van der Waals surface area contributed by atoms with E-state index in [1.807, 2.05) is 39.1 Å². The van der Waals surface area contributed by atoms with Crippen molar-refractivity contribution < 1.29 is 9.59 Å². The van der Waals surface area contributed by atoms with E-state index in [9.17, 15) is 9.59 Å². The van der Waals surface area contributed by atoms with Crippen molar-refractivity contribution in [1.82, 2.24) is 20.2 Å². The van der Waals surface area contributed by atoms with Crippen molar-refractivity contribution in [3.8, 4) is 11.8 Å². The van der Waals surface area contributed by atoms with Crippen molar-refractivity contribution >= 4 is 11.8 Å². The Kier molecular flexibility index (Phi) is 4.32. The lowest BCUT2D eigenvalue weighted by molar-refractivity contribution is -0.131. The zero-order valence-electron chi connectivity index (χ0n) is 14.8. The number of amides is 2. The van der Waals surface area contributed by atoms with Gasteiger partial charge in [-0.05, 0) is 55.7 Å². The topological polar surface area (TPSA) is 67.2 Å². The number of aryl methyl sites for hydroxylation is 3. The van der Waals surface area contributed by atoms with E-state index in [2.05, 4.69) is 22.4 Å².